The maximum absolute atomic E-state index is 13.0. The number of carboxylic acid groups (broad SMARTS) is 2. The summed E-state index contributed by atoms with van der Waals surface area (Å²) in [5.74, 6) is -7.39. The fraction of sp³-hybridized carbons (Fsp3) is 0.500. The van der Waals surface area contributed by atoms with Crippen molar-refractivity contribution in [2.45, 2.75) is 62.7 Å². The van der Waals surface area contributed by atoms with Crippen molar-refractivity contribution >= 4 is 41.5 Å². The number of nitrogens with two attached hydrogens (primary N) is 3. The summed E-state index contributed by atoms with van der Waals surface area (Å²) in [5, 5.41) is 24.8. The number of carbonyl (C=O) groups is 7. The molecule has 17 heteroatoms. The summed E-state index contributed by atoms with van der Waals surface area (Å²) in [6, 6.07) is -5.85. The van der Waals surface area contributed by atoms with Gasteiger partial charge in [0.2, 0.25) is 29.5 Å². The lowest BCUT2D eigenvalue weighted by Crippen LogP contribution is -2.58. The number of carbonyl (C=O) groups excluding carboxylic acids is 5. The molecule has 0 aliphatic rings. The van der Waals surface area contributed by atoms with Gasteiger partial charge in [0.05, 0.1) is 18.8 Å². The Bertz CT molecular complexity index is 998. The van der Waals surface area contributed by atoms with Gasteiger partial charge in [-0.05, 0) is 12.8 Å². The van der Waals surface area contributed by atoms with E-state index in [-0.39, 0.29) is 32.1 Å². The second kappa shape index (κ2) is 14.8. The molecule has 0 saturated carbocycles. The van der Waals surface area contributed by atoms with Crippen molar-refractivity contribution in [3.05, 3.63) is 18.2 Å². The first-order chi connectivity index (χ1) is 17.3. The summed E-state index contributed by atoms with van der Waals surface area (Å²) in [6.07, 6.45) is 0.577. The summed E-state index contributed by atoms with van der Waals surface area (Å²) < 4.78 is 0. The number of imidazole rings is 1. The van der Waals surface area contributed by atoms with E-state index in [0.29, 0.717) is 5.69 Å². The maximum atomic E-state index is 13.0. The van der Waals surface area contributed by atoms with Crippen LogP contribution in [0, 0.1) is 0 Å². The zero-order valence-corrected chi connectivity index (χ0v) is 19.6. The standard InChI is InChI=1S/C20H30N8O9/c21-10(1-3-14(22)29)17(33)26-11(2-4-15(23)30)18(34)27-12(5-9-7-24-8-25-9)19(35)28-13(20(36)37)6-16(31)32/h7-8,10-13H,1-6,21H2,(H2,22,29)(H2,23,30)(H,24,25)(H,26,33)(H,27,34)(H,28,35)(H,31,32)(H,36,37). The summed E-state index contributed by atoms with van der Waals surface area (Å²) in [7, 11) is 0. The Kier molecular flexibility index (Phi) is 12.2. The van der Waals surface area contributed by atoms with Gasteiger partial charge >= 0.3 is 11.9 Å². The smallest absolute Gasteiger partial charge is 0.326 e. The average Bonchev–Trinajstić information content (AvgIpc) is 3.31. The van der Waals surface area contributed by atoms with Crippen LogP contribution in [0.5, 0.6) is 0 Å². The van der Waals surface area contributed by atoms with E-state index in [4.69, 9.17) is 22.3 Å². The van der Waals surface area contributed by atoms with Crippen LogP contribution in [-0.4, -0.2) is 85.8 Å². The minimum absolute atomic E-state index is 0.115. The van der Waals surface area contributed by atoms with Crippen molar-refractivity contribution in [3.63, 3.8) is 0 Å². The molecule has 1 aromatic rings. The van der Waals surface area contributed by atoms with Crippen molar-refractivity contribution in [3.8, 4) is 0 Å². The lowest BCUT2D eigenvalue weighted by atomic mass is 10.1. The van der Waals surface area contributed by atoms with Gasteiger partial charge < -0.3 is 48.3 Å². The van der Waals surface area contributed by atoms with E-state index >= 15 is 0 Å². The topological polar surface area (TPSA) is 303 Å². The number of nitrogens with zero attached hydrogens (tertiary/aromatic N) is 1. The Morgan fingerprint density at radius 2 is 1.38 bits per heavy atom. The fourth-order valence-electron chi connectivity index (χ4n) is 3.01. The Labute approximate surface area is 209 Å². The molecular weight excluding hydrogens is 496 g/mol. The molecule has 1 rings (SSSR count). The van der Waals surface area contributed by atoms with Crippen molar-refractivity contribution in [1.29, 1.82) is 0 Å². The van der Waals surface area contributed by atoms with Crippen LogP contribution in [0.4, 0.5) is 0 Å². The van der Waals surface area contributed by atoms with Crippen LogP contribution in [-0.2, 0) is 40.0 Å². The summed E-state index contributed by atoms with van der Waals surface area (Å²) >= 11 is 0. The molecule has 4 atom stereocenters. The number of hydrogen-bond acceptors (Lipinski definition) is 9. The number of aromatic nitrogens is 2. The maximum Gasteiger partial charge on any atom is 0.326 e. The third-order valence-electron chi connectivity index (χ3n) is 4.96. The Hall–Kier alpha value is -4.54. The van der Waals surface area contributed by atoms with Gasteiger partial charge in [0, 0.05) is 31.2 Å². The van der Waals surface area contributed by atoms with E-state index < -0.39 is 72.1 Å². The van der Waals surface area contributed by atoms with E-state index in [1.54, 1.807) is 0 Å². The highest BCUT2D eigenvalue weighted by Gasteiger charge is 2.31. The summed E-state index contributed by atoms with van der Waals surface area (Å²) in [4.78, 5) is 89.2. The highest BCUT2D eigenvalue weighted by atomic mass is 16.4. The number of nitrogens with one attached hydrogen (secondary N) is 4. The number of rotatable bonds is 17. The Morgan fingerprint density at radius 3 is 1.89 bits per heavy atom. The average molecular weight is 527 g/mol. The molecule has 17 nitrogen and oxygen atoms in total. The number of amides is 5. The van der Waals surface area contributed by atoms with Crippen molar-refractivity contribution < 1.29 is 43.8 Å². The van der Waals surface area contributed by atoms with Crippen molar-refractivity contribution in [1.82, 2.24) is 25.9 Å². The predicted octanol–water partition coefficient (Wildman–Crippen LogP) is -4.18. The van der Waals surface area contributed by atoms with Crippen LogP contribution in [0.25, 0.3) is 0 Å². The van der Waals surface area contributed by atoms with Gasteiger partial charge in [0.1, 0.15) is 18.1 Å². The molecule has 204 valence electrons. The SMILES string of the molecule is NC(=O)CCC(N)C(=O)NC(CCC(N)=O)C(=O)NC(Cc1cnc[nH]1)C(=O)NC(CC(=O)O)C(=O)O. The zero-order chi connectivity index (χ0) is 28.1. The van der Waals surface area contributed by atoms with Crippen molar-refractivity contribution in [2.75, 3.05) is 0 Å². The summed E-state index contributed by atoms with van der Waals surface area (Å²) in [6.45, 7) is 0. The molecule has 0 bridgehead atoms. The minimum Gasteiger partial charge on any atom is -0.481 e. The van der Waals surface area contributed by atoms with E-state index in [9.17, 15) is 38.7 Å². The highest BCUT2D eigenvalue weighted by Crippen LogP contribution is 2.05. The Morgan fingerprint density at radius 1 is 0.838 bits per heavy atom. The third-order valence-corrected chi connectivity index (χ3v) is 4.96. The number of aromatic amines is 1. The van der Waals surface area contributed by atoms with E-state index in [0.717, 1.165) is 0 Å². The van der Waals surface area contributed by atoms with Gasteiger partial charge in [-0.1, -0.05) is 0 Å². The molecule has 4 unspecified atom stereocenters. The number of primary amides is 2. The van der Waals surface area contributed by atoms with Crippen LogP contribution < -0.4 is 33.2 Å². The lowest BCUT2D eigenvalue weighted by Gasteiger charge is -2.24. The zero-order valence-electron chi connectivity index (χ0n) is 19.6. The molecule has 0 aliphatic carbocycles. The lowest BCUT2D eigenvalue weighted by molar-refractivity contribution is -0.147. The van der Waals surface area contributed by atoms with Gasteiger partial charge in [-0.15, -0.1) is 0 Å². The van der Waals surface area contributed by atoms with Crippen LogP contribution >= 0.6 is 0 Å². The largest absolute Gasteiger partial charge is 0.481 e. The second-order valence-corrected chi connectivity index (χ2v) is 8.02. The van der Waals surface area contributed by atoms with Crippen molar-refractivity contribution in [2.24, 2.45) is 17.2 Å². The van der Waals surface area contributed by atoms with Gasteiger partial charge in [0.15, 0.2) is 0 Å². The molecule has 1 aromatic heterocycles. The number of H-pyrrole nitrogens is 1. The normalized spacial score (nSPS) is 13.9. The molecule has 5 amide bonds. The number of aliphatic carboxylic acids is 2. The molecule has 0 saturated heterocycles. The van der Waals surface area contributed by atoms with Gasteiger partial charge in [-0.2, -0.15) is 0 Å². The van der Waals surface area contributed by atoms with Crippen LogP contribution in [0.3, 0.4) is 0 Å². The molecule has 1 heterocycles. The molecule has 0 aromatic carbocycles. The highest BCUT2D eigenvalue weighted by molar-refractivity contribution is 5.95. The van der Waals surface area contributed by atoms with E-state index in [1.807, 2.05) is 5.32 Å². The van der Waals surface area contributed by atoms with Gasteiger partial charge in [0.25, 0.3) is 0 Å². The van der Waals surface area contributed by atoms with Gasteiger partial charge in [-0.3, -0.25) is 28.8 Å². The molecule has 0 radical (unpaired) electrons. The number of carboxylic acids is 2. The van der Waals surface area contributed by atoms with E-state index in [1.165, 1.54) is 12.5 Å². The van der Waals surface area contributed by atoms with Crippen LogP contribution in [0.15, 0.2) is 12.5 Å². The molecule has 0 spiro atoms. The molecule has 37 heavy (non-hydrogen) atoms. The molecule has 12 N–H and O–H groups in total. The summed E-state index contributed by atoms with van der Waals surface area (Å²) in [5.41, 5.74) is 16.2. The second-order valence-electron chi connectivity index (χ2n) is 8.02. The molecular formula is C20H30N8O9. The predicted molar refractivity (Wildman–Crippen MR) is 123 cm³/mol. The third kappa shape index (κ3) is 11.6. The monoisotopic (exact) mass is 526 g/mol. The first-order valence-corrected chi connectivity index (χ1v) is 10.9. The molecule has 0 fully saturated rings. The van der Waals surface area contributed by atoms with E-state index in [2.05, 4.69) is 20.6 Å². The van der Waals surface area contributed by atoms with Crippen LogP contribution in [0.1, 0.15) is 37.8 Å². The first kappa shape index (κ1) is 30.5. The van der Waals surface area contributed by atoms with Gasteiger partial charge in [-0.25, -0.2) is 9.78 Å². The first-order valence-electron chi connectivity index (χ1n) is 10.9. The van der Waals surface area contributed by atoms with Crippen LogP contribution in [0.2, 0.25) is 0 Å². The number of hydrogen-bond donors (Lipinski definition) is 9. The minimum atomic E-state index is -1.79. The fourth-order valence-corrected chi connectivity index (χ4v) is 3.01. The Balaban J connectivity index is 3.08. The molecule has 0 aliphatic heterocycles. The quantitative estimate of drug-likeness (QED) is 0.0937.